The lowest BCUT2D eigenvalue weighted by Gasteiger charge is -2.33. The average Bonchev–Trinajstić information content (AvgIpc) is 2.94. The Balaban J connectivity index is 1.56. The van der Waals surface area contributed by atoms with Crippen molar-refractivity contribution >= 4 is 5.82 Å². The number of fused-ring (bicyclic) bond motifs is 1. The van der Waals surface area contributed by atoms with Gasteiger partial charge in [-0.25, -0.2) is 9.97 Å². The van der Waals surface area contributed by atoms with E-state index in [0.717, 1.165) is 69.8 Å². The summed E-state index contributed by atoms with van der Waals surface area (Å²) >= 11 is 0. The van der Waals surface area contributed by atoms with Gasteiger partial charge < -0.3 is 14.2 Å². The third-order valence-corrected chi connectivity index (χ3v) is 4.92. The molecule has 4 rings (SSSR count). The van der Waals surface area contributed by atoms with Crippen LogP contribution in [0, 0.1) is 6.92 Å². The molecule has 8 heteroatoms. The Labute approximate surface area is 141 Å². The van der Waals surface area contributed by atoms with Crippen LogP contribution in [0.15, 0.2) is 6.33 Å². The quantitative estimate of drug-likeness (QED) is 0.802. The molecule has 8 nitrogen and oxygen atoms in total. The van der Waals surface area contributed by atoms with Crippen LogP contribution < -0.4 is 4.90 Å². The molecule has 2 aliphatic rings. The maximum atomic E-state index is 5.47. The summed E-state index contributed by atoms with van der Waals surface area (Å²) in [6, 6.07) is 0. The molecule has 0 atom stereocenters. The highest BCUT2D eigenvalue weighted by molar-refractivity contribution is 5.49. The molecule has 24 heavy (non-hydrogen) atoms. The highest BCUT2D eigenvalue weighted by Gasteiger charge is 2.25. The summed E-state index contributed by atoms with van der Waals surface area (Å²) in [5.41, 5.74) is 2.43. The second kappa shape index (κ2) is 6.45. The monoisotopic (exact) mass is 329 g/mol. The van der Waals surface area contributed by atoms with E-state index in [4.69, 9.17) is 4.74 Å². The van der Waals surface area contributed by atoms with E-state index in [0.29, 0.717) is 0 Å². The predicted octanol–water partition coefficient (Wildman–Crippen LogP) is 0.308. The highest BCUT2D eigenvalue weighted by Crippen LogP contribution is 2.27. The molecule has 0 unspecified atom stereocenters. The molecule has 0 spiro atoms. The first-order chi connectivity index (χ1) is 11.7. The molecular weight excluding hydrogens is 306 g/mol. The lowest BCUT2D eigenvalue weighted by atomic mass is 10.1. The molecule has 128 valence electrons. The number of ether oxygens (including phenoxy) is 1. The molecule has 2 aliphatic heterocycles. The van der Waals surface area contributed by atoms with Gasteiger partial charge in [0.25, 0.3) is 0 Å². The standard InChI is InChI=1S/C16H23N7O/c1-12-19-20-15(21(12)2)10-22-4-3-14-13(9-22)16(18-11-17-14)23-5-7-24-8-6-23/h11H,3-10H2,1-2H3. The van der Waals surface area contributed by atoms with Crippen molar-refractivity contribution in [2.75, 3.05) is 37.7 Å². The third kappa shape index (κ3) is 2.87. The van der Waals surface area contributed by atoms with Gasteiger partial charge in [-0.15, -0.1) is 10.2 Å². The summed E-state index contributed by atoms with van der Waals surface area (Å²) in [6.07, 6.45) is 2.65. The number of morpholine rings is 1. The van der Waals surface area contributed by atoms with Crippen molar-refractivity contribution in [1.82, 2.24) is 29.6 Å². The van der Waals surface area contributed by atoms with Crippen LogP contribution >= 0.6 is 0 Å². The highest BCUT2D eigenvalue weighted by atomic mass is 16.5. The van der Waals surface area contributed by atoms with E-state index in [-0.39, 0.29) is 0 Å². The number of aromatic nitrogens is 5. The molecular formula is C16H23N7O. The van der Waals surface area contributed by atoms with Crippen molar-refractivity contribution in [3.63, 3.8) is 0 Å². The molecule has 1 saturated heterocycles. The fraction of sp³-hybridized carbons (Fsp3) is 0.625. The number of anilines is 1. The maximum Gasteiger partial charge on any atom is 0.146 e. The van der Waals surface area contributed by atoms with Gasteiger partial charge in [-0.3, -0.25) is 4.90 Å². The van der Waals surface area contributed by atoms with E-state index in [1.165, 1.54) is 11.3 Å². The summed E-state index contributed by atoms with van der Waals surface area (Å²) in [7, 11) is 2.02. The predicted molar refractivity (Wildman–Crippen MR) is 88.6 cm³/mol. The van der Waals surface area contributed by atoms with Crippen molar-refractivity contribution < 1.29 is 4.74 Å². The number of hydrogen-bond acceptors (Lipinski definition) is 7. The van der Waals surface area contributed by atoms with E-state index in [2.05, 4.69) is 34.5 Å². The van der Waals surface area contributed by atoms with E-state index in [1.807, 2.05) is 14.0 Å². The molecule has 0 aliphatic carbocycles. The molecule has 0 saturated carbocycles. The Morgan fingerprint density at radius 3 is 2.71 bits per heavy atom. The van der Waals surface area contributed by atoms with Crippen molar-refractivity contribution in [2.24, 2.45) is 7.05 Å². The molecule has 0 N–H and O–H groups in total. The Morgan fingerprint density at radius 1 is 1.12 bits per heavy atom. The number of aryl methyl sites for hydroxylation is 1. The van der Waals surface area contributed by atoms with Crippen LogP contribution in [0.4, 0.5) is 5.82 Å². The van der Waals surface area contributed by atoms with Gasteiger partial charge in [-0.2, -0.15) is 0 Å². The zero-order chi connectivity index (χ0) is 16.5. The Bertz CT molecular complexity index is 723. The molecule has 0 radical (unpaired) electrons. The van der Waals surface area contributed by atoms with E-state index in [1.54, 1.807) is 6.33 Å². The molecule has 1 fully saturated rings. The minimum absolute atomic E-state index is 0.765. The lowest BCUT2D eigenvalue weighted by molar-refractivity contribution is 0.122. The summed E-state index contributed by atoms with van der Waals surface area (Å²) < 4.78 is 7.52. The van der Waals surface area contributed by atoms with Gasteiger partial charge in [0.1, 0.15) is 23.8 Å². The van der Waals surface area contributed by atoms with Crippen LogP contribution in [0.3, 0.4) is 0 Å². The van der Waals surface area contributed by atoms with Gasteiger partial charge in [0.05, 0.1) is 25.5 Å². The molecule has 4 heterocycles. The molecule has 0 aromatic carbocycles. The number of hydrogen-bond donors (Lipinski definition) is 0. The molecule has 0 bridgehead atoms. The van der Waals surface area contributed by atoms with Gasteiger partial charge in [0, 0.05) is 45.2 Å². The minimum Gasteiger partial charge on any atom is -0.378 e. The second-order valence-corrected chi connectivity index (χ2v) is 6.41. The molecule has 2 aromatic rings. The summed E-state index contributed by atoms with van der Waals surface area (Å²) in [5, 5.41) is 8.45. The average molecular weight is 329 g/mol. The summed E-state index contributed by atoms with van der Waals surface area (Å²) in [5.74, 6) is 3.02. The Morgan fingerprint density at radius 2 is 1.96 bits per heavy atom. The Hall–Kier alpha value is -2.06. The minimum atomic E-state index is 0.765. The van der Waals surface area contributed by atoms with Crippen LogP contribution in [-0.4, -0.2) is 62.5 Å². The molecule has 2 aromatic heterocycles. The number of nitrogens with zero attached hydrogens (tertiary/aromatic N) is 7. The molecule has 0 amide bonds. The zero-order valence-corrected chi connectivity index (χ0v) is 14.3. The van der Waals surface area contributed by atoms with Crippen LogP contribution in [0.2, 0.25) is 0 Å². The van der Waals surface area contributed by atoms with E-state index >= 15 is 0 Å². The fourth-order valence-corrected chi connectivity index (χ4v) is 3.35. The second-order valence-electron chi connectivity index (χ2n) is 6.41. The Kier molecular flexibility index (Phi) is 4.15. The van der Waals surface area contributed by atoms with Crippen molar-refractivity contribution in [1.29, 1.82) is 0 Å². The first-order valence-corrected chi connectivity index (χ1v) is 8.45. The SMILES string of the molecule is Cc1nnc(CN2CCc3ncnc(N4CCOCC4)c3C2)n1C. The lowest BCUT2D eigenvalue weighted by Crippen LogP contribution is -2.39. The number of rotatable bonds is 3. The van der Waals surface area contributed by atoms with Crippen molar-refractivity contribution in [2.45, 2.75) is 26.4 Å². The first kappa shape index (κ1) is 15.5. The smallest absolute Gasteiger partial charge is 0.146 e. The maximum absolute atomic E-state index is 5.47. The summed E-state index contributed by atoms with van der Waals surface area (Å²) in [4.78, 5) is 13.8. The normalized spacial score (nSPS) is 18.7. The van der Waals surface area contributed by atoms with Gasteiger partial charge in [0.2, 0.25) is 0 Å². The van der Waals surface area contributed by atoms with E-state index in [9.17, 15) is 0 Å². The van der Waals surface area contributed by atoms with Crippen molar-refractivity contribution in [3.05, 3.63) is 29.2 Å². The van der Waals surface area contributed by atoms with Gasteiger partial charge in [0.15, 0.2) is 0 Å². The first-order valence-electron chi connectivity index (χ1n) is 8.45. The largest absolute Gasteiger partial charge is 0.378 e. The van der Waals surface area contributed by atoms with Gasteiger partial charge >= 0.3 is 0 Å². The van der Waals surface area contributed by atoms with Crippen LogP contribution in [-0.2, 0) is 31.3 Å². The third-order valence-electron chi connectivity index (χ3n) is 4.92. The van der Waals surface area contributed by atoms with Gasteiger partial charge in [-0.1, -0.05) is 0 Å². The summed E-state index contributed by atoms with van der Waals surface area (Å²) in [6.45, 7) is 7.94. The van der Waals surface area contributed by atoms with E-state index < -0.39 is 0 Å². The van der Waals surface area contributed by atoms with Crippen LogP contribution in [0.25, 0.3) is 0 Å². The van der Waals surface area contributed by atoms with Crippen LogP contribution in [0.5, 0.6) is 0 Å². The van der Waals surface area contributed by atoms with Crippen LogP contribution in [0.1, 0.15) is 22.9 Å². The topological polar surface area (TPSA) is 72.2 Å². The van der Waals surface area contributed by atoms with Gasteiger partial charge in [-0.05, 0) is 6.92 Å². The fourth-order valence-electron chi connectivity index (χ4n) is 3.35. The zero-order valence-electron chi connectivity index (χ0n) is 14.3. The van der Waals surface area contributed by atoms with Crippen molar-refractivity contribution in [3.8, 4) is 0 Å².